The maximum absolute atomic E-state index is 12.3. The molecule has 6 nitrogen and oxygen atoms in total. The van der Waals surface area contributed by atoms with Gasteiger partial charge in [0.25, 0.3) is 0 Å². The van der Waals surface area contributed by atoms with E-state index in [2.05, 4.69) is 5.32 Å². The predicted octanol–water partition coefficient (Wildman–Crippen LogP) is 2.40. The maximum Gasteiger partial charge on any atom is 0.238 e. The van der Waals surface area contributed by atoms with E-state index >= 15 is 0 Å². The zero-order chi connectivity index (χ0) is 18.8. The standard InChI is InChI=1S/C20H26N2O4/c1-3-22(13-16(23)15-26-17-9-5-4-6-10-17)14-20(24)21-18-11-7-8-12-19(18)25-2/h4-12,16,23H,3,13-15H2,1-2H3,(H,21,24). The highest BCUT2D eigenvalue weighted by Gasteiger charge is 2.15. The fraction of sp³-hybridized carbons (Fsp3) is 0.350. The molecule has 0 bridgehead atoms. The van der Waals surface area contributed by atoms with E-state index in [1.54, 1.807) is 19.2 Å². The molecule has 0 aliphatic carbocycles. The monoisotopic (exact) mass is 358 g/mol. The fourth-order valence-corrected chi connectivity index (χ4v) is 2.51. The number of benzene rings is 2. The van der Waals surface area contributed by atoms with Crippen molar-refractivity contribution in [3.05, 3.63) is 54.6 Å². The van der Waals surface area contributed by atoms with E-state index in [0.29, 0.717) is 30.3 Å². The van der Waals surface area contributed by atoms with Gasteiger partial charge in [0.1, 0.15) is 24.2 Å². The van der Waals surface area contributed by atoms with E-state index in [-0.39, 0.29) is 19.1 Å². The summed E-state index contributed by atoms with van der Waals surface area (Å²) in [5.41, 5.74) is 0.629. The van der Waals surface area contributed by atoms with Crippen molar-refractivity contribution < 1.29 is 19.4 Å². The van der Waals surface area contributed by atoms with E-state index in [1.807, 2.05) is 54.3 Å². The number of nitrogens with one attached hydrogen (secondary N) is 1. The lowest BCUT2D eigenvalue weighted by Gasteiger charge is -2.23. The largest absolute Gasteiger partial charge is 0.495 e. The first-order valence-corrected chi connectivity index (χ1v) is 8.63. The smallest absolute Gasteiger partial charge is 0.238 e. The fourth-order valence-electron chi connectivity index (χ4n) is 2.51. The highest BCUT2D eigenvalue weighted by atomic mass is 16.5. The molecule has 0 fully saturated rings. The number of carbonyl (C=O) groups is 1. The minimum atomic E-state index is -0.686. The second kappa shape index (κ2) is 10.4. The number of ether oxygens (including phenoxy) is 2. The molecule has 6 heteroatoms. The lowest BCUT2D eigenvalue weighted by molar-refractivity contribution is -0.117. The number of amides is 1. The van der Waals surface area contributed by atoms with Crippen molar-refractivity contribution in [2.45, 2.75) is 13.0 Å². The molecule has 0 spiro atoms. The van der Waals surface area contributed by atoms with Crippen LogP contribution >= 0.6 is 0 Å². The van der Waals surface area contributed by atoms with Gasteiger partial charge in [-0.05, 0) is 30.8 Å². The van der Waals surface area contributed by atoms with Crippen molar-refractivity contribution >= 4 is 11.6 Å². The van der Waals surface area contributed by atoms with Crippen LogP contribution < -0.4 is 14.8 Å². The van der Waals surface area contributed by atoms with Crippen LogP contribution in [0.15, 0.2) is 54.6 Å². The van der Waals surface area contributed by atoms with Gasteiger partial charge in [-0.1, -0.05) is 37.3 Å². The maximum atomic E-state index is 12.3. The SMILES string of the molecule is CCN(CC(=O)Nc1ccccc1OC)CC(O)COc1ccccc1. The van der Waals surface area contributed by atoms with Crippen molar-refractivity contribution in [1.82, 2.24) is 4.90 Å². The highest BCUT2D eigenvalue weighted by molar-refractivity contribution is 5.93. The van der Waals surface area contributed by atoms with Gasteiger partial charge < -0.3 is 19.9 Å². The van der Waals surface area contributed by atoms with Gasteiger partial charge >= 0.3 is 0 Å². The Kier molecular flexibility index (Phi) is 7.92. The summed E-state index contributed by atoms with van der Waals surface area (Å²) in [4.78, 5) is 14.2. The minimum Gasteiger partial charge on any atom is -0.495 e. The number of para-hydroxylation sites is 3. The molecule has 0 aliphatic rings. The molecule has 0 aromatic heterocycles. The number of hydrogen-bond acceptors (Lipinski definition) is 5. The van der Waals surface area contributed by atoms with Crippen LogP contribution in [-0.4, -0.2) is 55.4 Å². The van der Waals surface area contributed by atoms with Gasteiger partial charge in [0.15, 0.2) is 0 Å². The summed E-state index contributed by atoms with van der Waals surface area (Å²) in [6.07, 6.45) is -0.686. The average Bonchev–Trinajstić information content (AvgIpc) is 2.67. The van der Waals surface area contributed by atoms with E-state index in [9.17, 15) is 9.90 Å². The Hall–Kier alpha value is -2.57. The molecule has 0 saturated heterocycles. The number of aliphatic hydroxyl groups excluding tert-OH is 1. The number of methoxy groups -OCH3 is 1. The Bertz CT molecular complexity index is 679. The van der Waals surface area contributed by atoms with Crippen molar-refractivity contribution in [3.8, 4) is 11.5 Å². The van der Waals surface area contributed by atoms with E-state index in [4.69, 9.17) is 9.47 Å². The second-order valence-corrected chi connectivity index (χ2v) is 5.85. The van der Waals surface area contributed by atoms with Gasteiger partial charge in [0.2, 0.25) is 5.91 Å². The minimum absolute atomic E-state index is 0.160. The van der Waals surface area contributed by atoms with Crippen molar-refractivity contribution in [1.29, 1.82) is 0 Å². The first-order chi connectivity index (χ1) is 12.6. The number of carbonyl (C=O) groups excluding carboxylic acids is 1. The summed E-state index contributed by atoms with van der Waals surface area (Å²) >= 11 is 0. The van der Waals surface area contributed by atoms with Crippen molar-refractivity contribution in [2.24, 2.45) is 0 Å². The van der Waals surface area contributed by atoms with Gasteiger partial charge in [0.05, 0.1) is 19.3 Å². The van der Waals surface area contributed by atoms with Crippen LogP contribution in [0, 0.1) is 0 Å². The lowest BCUT2D eigenvalue weighted by atomic mass is 10.3. The van der Waals surface area contributed by atoms with Gasteiger partial charge in [-0.3, -0.25) is 9.69 Å². The molecule has 0 aliphatic heterocycles. The van der Waals surface area contributed by atoms with E-state index in [1.165, 1.54) is 0 Å². The Labute approximate surface area is 154 Å². The number of anilines is 1. The van der Waals surface area contributed by atoms with Gasteiger partial charge in [-0.2, -0.15) is 0 Å². The van der Waals surface area contributed by atoms with Crippen LogP contribution in [0.4, 0.5) is 5.69 Å². The first kappa shape index (κ1) is 19.8. The van der Waals surface area contributed by atoms with Crippen LogP contribution in [-0.2, 0) is 4.79 Å². The molecule has 2 aromatic rings. The summed E-state index contributed by atoms with van der Waals surface area (Å²) in [6.45, 7) is 3.29. The Morgan fingerprint density at radius 3 is 2.54 bits per heavy atom. The molecule has 140 valence electrons. The number of nitrogens with zero attached hydrogens (tertiary/aromatic N) is 1. The Balaban J connectivity index is 1.81. The second-order valence-electron chi connectivity index (χ2n) is 5.85. The summed E-state index contributed by atoms with van der Waals surface area (Å²) in [5.74, 6) is 1.16. The quantitative estimate of drug-likeness (QED) is 0.682. The van der Waals surface area contributed by atoms with Crippen LogP contribution in [0.1, 0.15) is 6.92 Å². The highest BCUT2D eigenvalue weighted by Crippen LogP contribution is 2.22. The average molecular weight is 358 g/mol. The lowest BCUT2D eigenvalue weighted by Crippen LogP contribution is -2.40. The van der Waals surface area contributed by atoms with Crippen LogP contribution in [0.25, 0.3) is 0 Å². The third kappa shape index (κ3) is 6.38. The summed E-state index contributed by atoms with van der Waals surface area (Å²) in [7, 11) is 1.56. The zero-order valence-corrected chi connectivity index (χ0v) is 15.2. The molecule has 0 saturated carbocycles. The molecule has 26 heavy (non-hydrogen) atoms. The van der Waals surface area contributed by atoms with Crippen LogP contribution in [0.2, 0.25) is 0 Å². The van der Waals surface area contributed by atoms with Crippen LogP contribution in [0.5, 0.6) is 11.5 Å². The molecule has 0 heterocycles. The predicted molar refractivity (Wildman–Crippen MR) is 102 cm³/mol. The third-order valence-corrected chi connectivity index (χ3v) is 3.85. The first-order valence-electron chi connectivity index (χ1n) is 8.63. The van der Waals surface area contributed by atoms with Crippen LogP contribution in [0.3, 0.4) is 0 Å². The normalized spacial score (nSPS) is 11.8. The Morgan fingerprint density at radius 2 is 1.85 bits per heavy atom. The van der Waals surface area contributed by atoms with Gasteiger partial charge in [-0.25, -0.2) is 0 Å². The summed E-state index contributed by atoms with van der Waals surface area (Å²) in [6, 6.07) is 16.6. The molecule has 1 atom stereocenters. The molecule has 0 radical (unpaired) electrons. The van der Waals surface area contributed by atoms with Crippen molar-refractivity contribution in [2.75, 3.05) is 38.7 Å². The number of rotatable bonds is 10. The summed E-state index contributed by atoms with van der Waals surface area (Å²) < 4.78 is 10.8. The summed E-state index contributed by atoms with van der Waals surface area (Å²) in [5, 5.41) is 13.0. The molecule has 1 unspecified atom stereocenters. The number of aliphatic hydroxyl groups is 1. The number of likely N-dealkylation sites (N-methyl/N-ethyl adjacent to an activating group) is 1. The molecule has 1 amide bonds. The molecule has 2 N–H and O–H groups in total. The van der Waals surface area contributed by atoms with Crippen molar-refractivity contribution in [3.63, 3.8) is 0 Å². The zero-order valence-electron chi connectivity index (χ0n) is 15.2. The molecular formula is C20H26N2O4. The third-order valence-electron chi connectivity index (χ3n) is 3.85. The Morgan fingerprint density at radius 1 is 1.15 bits per heavy atom. The molecular weight excluding hydrogens is 332 g/mol. The number of hydrogen-bond donors (Lipinski definition) is 2. The molecule has 2 rings (SSSR count). The van der Waals surface area contributed by atoms with E-state index < -0.39 is 6.10 Å². The van der Waals surface area contributed by atoms with E-state index in [0.717, 1.165) is 0 Å². The molecule has 2 aromatic carbocycles. The van der Waals surface area contributed by atoms with Gasteiger partial charge in [0, 0.05) is 6.54 Å². The van der Waals surface area contributed by atoms with Gasteiger partial charge in [-0.15, -0.1) is 0 Å². The topological polar surface area (TPSA) is 71.0 Å².